The van der Waals surface area contributed by atoms with Crippen LogP contribution in [0.25, 0.3) is 0 Å². The Morgan fingerprint density at radius 3 is 3.07 bits per heavy atom. The SMILES string of the molecule is O=C(CNCc1cccnn1)NC1CC1. The van der Waals surface area contributed by atoms with Crippen molar-refractivity contribution in [1.29, 1.82) is 0 Å². The summed E-state index contributed by atoms with van der Waals surface area (Å²) >= 11 is 0. The molecule has 15 heavy (non-hydrogen) atoms. The third-order valence-electron chi connectivity index (χ3n) is 2.16. The highest BCUT2D eigenvalue weighted by Crippen LogP contribution is 2.18. The first-order valence-corrected chi connectivity index (χ1v) is 5.11. The maximum atomic E-state index is 11.3. The van der Waals surface area contributed by atoms with Gasteiger partial charge in [-0.05, 0) is 25.0 Å². The lowest BCUT2D eigenvalue weighted by Crippen LogP contribution is -2.34. The third kappa shape index (κ3) is 3.63. The number of carbonyl (C=O) groups excluding carboxylic acids is 1. The molecule has 1 saturated carbocycles. The molecule has 1 aromatic heterocycles. The van der Waals surface area contributed by atoms with Crippen molar-refractivity contribution in [2.75, 3.05) is 6.54 Å². The van der Waals surface area contributed by atoms with Crippen molar-refractivity contribution >= 4 is 5.91 Å². The largest absolute Gasteiger partial charge is 0.352 e. The van der Waals surface area contributed by atoms with Crippen LogP contribution in [0.15, 0.2) is 18.3 Å². The second-order valence-electron chi connectivity index (χ2n) is 3.66. The normalized spacial score (nSPS) is 14.9. The van der Waals surface area contributed by atoms with Gasteiger partial charge in [-0.25, -0.2) is 0 Å². The molecular weight excluding hydrogens is 192 g/mol. The van der Waals surface area contributed by atoms with Crippen LogP contribution in [-0.2, 0) is 11.3 Å². The predicted octanol–water partition coefficient (Wildman–Crippen LogP) is -0.155. The fraction of sp³-hybridized carbons (Fsp3) is 0.500. The molecule has 0 aliphatic heterocycles. The Hall–Kier alpha value is -1.49. The molecular formula is C10H14N4O. The zero-order valence-corrected chi connectivity index (χ0v) is 8.44. The first-order chi connectivity index (χ1) is 7.34. The maximum Gasteiger partial charge on any atom is 0.234 e. The summed E-state index contributed by atoms with van der Waals surface area (Å²) in [5.74, 6) is 0.0568. The van der Waals surface area contributed by atoms with Crippen LogP contribution < -0.4 is 10.6 Å². The van der Waals surface area contributed by atoms with Crippen molar-refractivity contribution < 1.29 is 4.79 Å². The number of amides is 1. The van der Waals surface area contributed by atoms with Crippen LogP contribution in [0.2, 0.25) is 0 Å². The van der Waals surface area contributed by atoms with Crippen molar-refractivity contribution in [3.8, 4) is 0 Å². The molecule has 80 valence electrons. The molecule has 0 aromatic carbocycles. The molecule has 5 heteroatoms. The van der Waals surface area contributed by atoms with Gasteiger partial charge in [-0.2, -0.15) is 10.2 Å². The van der Waals surface area contributed by atoms with Gasteiger partial charge in [0.15, 0.2) is 0 Å². The van der Waals surface area contributed by atoms with Crippen LogP contribution in [0.3, 0.4) is 0 Å². The van der Waals surface area contributed by atoms with Gasteiger partial charge in [0, 0.05) is 18.8 Å². The van der Waals surface area contributed by atoms with E-state index in [2.05, 4.69) is 20.8 Å². The van der Waals surface area contributed by atoms with Crippen LogP contribution in [-0.4, -0.2) is 28.7 Å². The maximum absolute atomic E-state index is 11.3. The molecule has 0 unspecified atom stereocenters. The number of hydrogen-bond acceptors (Lipinski definition) is 4. The molecule has 0 radical (unpaired) electrons. The number of nitrogens with zero attached hydrogens (tertiary/aromatic N) is 2. The fourth-order valence-electron chi connectivity index (χ4n) is 1.24. The summed E-state index contributed by atoms with van der Waals surface area (Å²) in [6, 6.07) is 4.13. The number of carbonyl (C=O) groups is 1. The lowest BCUT2D eigenvalue weighted by Gasteiger charge is -2.04. The van der Waals surface area contributed by atoms with E-state index < -0.39 is 0 Å². The molecule has 1 heterocycles. The monoisotopic (exact) mass is 206 g/mol. The lowest BCUT2D eigenvalue weighted by molar-refractivity contribution is -0.120. The number of aromatic nitrogens is 2. The Morgan fingerprint density at radius 1 is 1.53 bits per heavy atom. The summed E-state index contributed by atoms with van der Waals surface area (Å²) in [7, 11) is 0. The van der Waals surface area contributed by atoms with Crippen LogP contribution >= 0.6 is 0 Å². The molecule has 1 aliphatic rings. The van der Waals surface area contributed by atoms with Gasteiger partial charge in [-0.1, -0.05) is 0 Å². The molecule has 1 aromatic rings. The molecule has 1 fully saturated rings. The average molecular weight is 206 g/mol. The van der Waals surface area contributed by atoms with E-state index in [-0.39, 0.29) is 5.91 Å². The van der Waals surface area contributed by atoms with E-state index in [1.54, 1.807) is 6.20 Å². The highest BCUT2D eigenvalue weighted by atomic mass is 16.2. The second-order valence-corrected chi connectivity index (χ2v) is 3.66. The summed E-state index contributed by atoms with van der Waals surface area (Å²) in [5.41, 5.74) is 0.844. The van der Waals surface area contributed by atoms with Gasteiger partial charge in [0.2, 0.25) is 5.91 Å². The molecule has 0 atom stereocenters. The van der Waals surface area contributed by atoms with Gasteiger partial charge >= 0.3 is 0 Å². The summed E-state index contributed by atoms with van der Waals surface area (Å²) in [4.78, 5) is 11.3. The molecule has 0 spiro atoms. The molecule has 2 rings (SSSR count). The van der Waals surface area contributed by atoms with Gasteiger partial charge in [0.05, 0.1) is 12.2 Å². The topological polar surface area (TPSA) is 66.9 Å². The van der Waals surface area contributed by atoms with E-state index in [1.165, 1.54) is 0 Å². The average Bonchev–Trinajstić information content (AvgIpc) is 3.03. The third-order valence-corrected chi connectivity index (χ3v) is 2.16. The van der Waals surface area contributed by atoms with Crippen molar-refractivity contribution in [3.63, 3.8) is 0 Å². The van der Waals surface area contributed by atoms with Crippen LogP contribution in [0.1, 0.15) is 18.5 Å². The quantitative estimate of drug-likeness (QED) is 0.703. The van der Waals surface area contributed by atoms with E-state index in [1.807, 2.05) is 12.1 Å². The summed E-state index contributed by atoms with van der Waals surface area (Å²) < 4.78 is 0. The molecule has 0 bridgehead atoms. The Labute approximate surface area is 88.3 Å². The van der Waals surface area contributed by atoms with Gasteiger partial charge in [-0.15, -0.1) is 0 Å². The number of nitrogens with one attached hydrogen (secondary N) is 2. The standard InChI is InChI=1S/C10H14N4O/c15-10(13-8-3-4-8)7-11-6-9-2-1-5-12-14-9/h1-2,5,8,11H,3-4,6-7H2,(H,13,15). The number of rotatable bonds is 5. The highest BCUT2D eigenvalue weighted by Gasteiger charge is 2.22. The number of hydrogen-bond donors (Lipinski definition) is 2. The van der Waals surface area contributed by atoms with Crippen LogP contribution in [0.4, 0.5) is 0 Å². The first kappa shape index (κ1) is 10.0. The summed E-state index contributed by atoms with van der Waals surface area (Å²) in [5, 5.41) is 13.6. The second kappa shape index (κ2) is 4.84. The van der Waals surface area contributed by atoms with Gasteiger partial charge in [-0.3, -0.25) is 4.79 Å². The predicted molar refractivity (Wildman–Crippen MR) is 54.9 cm³/mol. The Kier molecular flexibility index (Phi) is 3.24. The minimum absolute atomic E-state index is 0.0568. The van der Waals surface area contributed by atoms with E-state index in [0.29, 0.717) is 19.1 Å². The van der Waals surface area contributed by atoms with Gasteiger partial charge in [0.1, 0.15) is 0 Å². The Bertz CT molecular complexity index is 323. The Morgan fingerprint density at radius 2 is 2.40 bits per heavy atom. The van der Waals surface area contributed by atoms with Crippen molar-refractivity contribution in [2.24, 2.45) is 0 Å². The van der Waals surface area contributed by atoms with Gasteiger partial charge in [0.25, 0.3) is 0 Å². The van der Waals surface area contributed by atoms with E-state index >= 15 is 0 Å². The molecule has 1 amide bonds. The first-order valence-electron chi connectivity index (χ1n) is 5.11. The van der Waals surface area contributed by atoms with E-state index in [4.69, 9.17) is 0 Å². The minimum Gasteiger partial charge on any atom is -0.352 e. The van der Waals surface area contributed by atoms with Crippen LogP contribution in [0, 0.1) is 0 Å². The van der Waals surface area contributed by atoms with E-state index in [9.17, 15) is 4.79 Å². The minimum atomic E-state index is 0.0568. The Balaban J connectivity index is 1.63. The molecule has 2 N–H and O–H groups in total. The highest BCUT2D eigenvalue weighted by molar-refractivity contribution is 5.78. The van der Waals surface area contributed by atoms with Crippen molar-refractivity contribution in [1.82, 2.24) is 20.8 Å². The zero-order valence-electron chi connectivity index (χ0n) is 8.44. The summed E-state index contributed by atoms with van der Waals surface area (Å²) in [6.45, 7) is 0.916. The van der Waals surface area contributed by atoms with Crippen LogP contribution in [0.5, 0.6) is 0 Å². The smallest absolute Gasteiger partial charge is 0.234 e. The van der Waals surface area contributed by atoms with Gasteiger partial charge < -0.3 is 10.6 Å². The molecule has 0 saturated heterocycles. The van der Waals surface area contributed by atoms with Crippen molar-refractivity contribution in [3.05, 3.63) is 24.0 Å². The van der Waals surface area contributed by atoms with Crippen molar-refractivity contribution in [2.45, 2.75) is 25.4 Å². The molecule has 5 nitrogen and oxygen atoms in total. The zero-order chi connectivity index (χ0) is 10.5. The summed E-state index contributed by atoms with van der Waals surface area (Å²) in [6.07, 6.45) is 3.87. The van der Waals surface area contributed by atoms with E-state index in [0.717, 1.165) is 18.5 Å². The fourth-order valence-corrected chi connectivity index (χ4v) is 1.24. The lowest BCUT2D eigenvalue weighted by atomic mass is 10.4. The molecule has 1 aliphatic carbocycles.